The summed E-state index contributed by atoms with van der Waals surface area (Å²) in [6, 6.07) is 55.2. The van der Waals surface area contributed by atoms with Gasteiger partial charge in [0.2, 0.25) is 0 Å². The number of carbonyl (C=O) groups is 8. The molecule has 0 fully saturated rings. The molecule has 0 aliphatic heterocycles. The quantitative estimate of drug-likeness (QED) is 0.0326. The number of aryl methyl sites for hydroxylation is 7. The van der Waals surface area contributed by atoms with Gasteiger partial charge in [-0.1, -0.05) is 170 Å². The summed E-state index contributed by atoms with van der Waals surface area (Å²) in [7, 11) is 0. The monoisotopic (exact) mass is 1720 g/mol. The number of aromatic nitrogens is 14. The highest BCUT2D eigenvalue weighted by atomic mass is 32.1. The van der Waals surface area contributed by atoms with Crippen LogP contribution in [-0.4, -0.2) is 117 Å². The fraction of sp³-hybridized carbons (Fsp3) is 0.235. The summed E-state index contributed by atoms with van der Waals surface area (Å²) >= 11 is 20.0. The zero-order valence-electron chi connectivity index (χ0n) is 68.2. The van der Waals surface area contributed by atoms with Crippen molar-refractivity contribution in [3.8, 4) is 0 Å². The summed E-state index contributed by atoms with van der Waals surface area (Å²) in [5, 5.41) is 0. The molecule has 0 bridgehead atoms. The molecule has 0 spiro atoms. The van der Waals surface area contributed by atoms with E-state index in [2.05, 4.69) is 69.8 Å². The first-order valence-corrected chi connectivity index (χ1v) is 43.3. The minimum Gasteiger partial charge on any atom is -0.345 e. The van der Waals surface area contributed by atoms with Gasteiger partial charge in [0.05, 0.1) is 54.7 Å². The average Bonchev–Trinajstić information content (AvgIpc) is 1.75. The maximum atomic E-state index is 12.4. The van der Waals surface area contributed by atoms with Crippen molar-refractivity contribution in [2.45, 2.75) is 122 Å². The van der Waals surface area contributed by atoms with Crippen LogP contribution in [0.25, 0.3) is 12.2 Å². The number of rotatable bonds is 11. The van der Waals surface area contributed by atoms with Crippen molar-refractivity contribution >= 4 is 108 Å². The van der Waals surface area contributed by atoms with E-state index < -0.39 is 0 Å². The maximum Gasteiger partial charge on any atom is 0.189 e. The van der Waals surface area contributed by atoms with Crippen LogP contribution in [0.2, 0.25) is 0 Å². The Labute approximate surface area is 736 Å². The van der Waals surface area contributed by atoms with Crippen molar-refractivity contribution in [2.75, 3.05) is 0 Å². The molecule has 0 amide bonds. The second-order valence-corrected chi connectivity index (χ2v) is 32.9. The van der Waals surface area contributed by atoms with Gasteiger partial charge in [-0.15, -0.1) is 0 Å². The third kappa shape index (κ3) is 22.9. The molecule has 0 saturated carbocycles. The number of imidazole rings is 7. The van der Waals surface area contributed by atoms with Gasteiger partial charge in [0, 0.05) is 128 Å². The summed E-state index contributed by atoms with van der Waals surface area (Å²) in [6.07, 6.45) is 38.4. The van der Waals surface area contributed by atoms with E-state index in [4.69, 9.17) is 48.9 Å². The lowest BCUT2D eigenvalue weighted by atomic mass is 9.81. The molecule has 0 saturated heterocycles. The molecule has 26 heteroatoms. The number of nitrogens with one attached hydrogen (secondary N) is 11. The number of hydrogen-bond donors (Lipinski definition) is 11. The predicted molar refractivity (Wildman–Crippen MR) is 488 cm³/mol. The van der Waals surface area contributed by atoms with Crippen LogP contribution in [0.4, 0.5) is 0 Å². The third-order valence-electron chi connectivity index (χ3n) is 23.1. The molecule has 14 aromatic rings. The molecule has 7 aromatic heterocycles. The Bertz CT molecular complexity index is 5860. The second kappa shape index (κ2) is 42.5. The van der Waals surface area contributed by atoms with Gasteiger partial charge < -0.3 is 54.8 Å². The third-order valence-corrected chi connectivity index (χ3v) is 24.0. The Morgan fingerprint density at radius 1 is 0.298 bits per heavy atom. The van der Waals surface area contributed by atoms with Crippen molar-refractivity contribution in [2.24, 2.45) is 23.7 Å². The van der Waals surface area contributed by atoms with E-state index in [1.54, 1.807) is 25.0 Å². The van der Waals surface area contributed by atoms with E-state index >= 15 is 0 Å². The molecule has 21 rings (SSSR count). The molecule has 7 aliphatic carbocycles. The van der Waals surface area contributed by atoms with Crippen molar-refractivity contribution < 1.29 is 38.4 Å². The van der Waals surface area contributed by atoms with Crippen molar-refractivity contribution in [3.63, 3.8) is 0 Å². The van der Waals surface area contributed by atoms with E-state index in [1.165, 1.54) is 40.3 Å². The number of aromatic amines is 11. The zero-order valence-corrected chi connectivity index (χ0v) is 71.4. The van der Waals surface area contributed by atoms with Gasteiger partial charge in [0.25, 0.3) is 0 Å². The molecule has 22 nitrogen and oxygen atoms in total. The number of fused-ring (bicyclic) bond motifs is 7. The van der Waals surface area contributed by atoms with Crippen LogP contribution in [0.3, 0.4) is 0 Å². The minimum atomic E-state index is 0.0707. The Morgan fingerprint density at radius 2 is 0.565 bits per heavy atom. The predicted octanol–water partition coefficient (Wildman–Crippen LogP) is 19.9. The summed E-state index contributed by atoms with van der Waals surface area (Å²) in [6.45, 7) is 0. The van der Waals surface area contributed by atoms with Crippen molar-refractivity contribution in [1.29, 1.82) is 0 Å². The molecule has 7 heterocycles. The Kier molecular flexibility index (Phi) is 29.8. The molecule has 7 aromatic carbocycles. The molecule has 124 heavy (non-hydrogen) atoms. The molecular formula is C98H94N14O8S4. The first kappa shape index (κ1) is 87.1. The summed E-state index contributed by atoms with van der Waals surface area (Å²) in [5.74, 6) is 1.92. The largest absolute Gasteiger partial charge is 0.345 e. The number of nitrogens with zero attached hydrogens (tertiary/aromatic N) is 3. The molecule has 7 aliphatic rings. The number of carbonyl (C=O) groups excluding carboxylic acids is 8. The minimum absolute atomic E-state index is 0.0707. The second-order valence-electron chi connectivity index (χ2n) is 31.3. The molecule has 11 N–H and O–H groups in total. The number of hydrogen-bond acceptors (Lipinski definition) is 15. The smallest absolute Gasteiger partial charge is 0.189 e. The Balaban J connectivity index is 0.000000117. The average molecular weight is 1720 g/mol. The van der Waals surface area contributed by atoms with Gasteiger partial charge in [-0.05, 0) is 216 Å². The lowest BCUT2D eigenvalue weighted by Gasteiger charge is -2.22. The Hall–Kier alpha value is -13.3. The van der Waals surface area contributed by atoms with Gasteiger partial charge in [-0.3, -0.25) is 38.4 Å². The highest BCUT2D eigenvalue weighted by molar-refractivity contribution is 7.71. The summed E-state index contributed by atoms with van der Waals surface area (Å²) < 4.78 is 2.48. The van der Waals surface area contributed by atoms with Crippen molar-refractivity contribution in [1.82, 2.24) is 69.8 Å². The number of aldehydes is 1. The van der Waals surface area contributed by atoms with E-state index in [0.717, 1.165) is 217 Å². The first-order valence-electron chi connectivity index (χ1n) is 41.7. The Morgan fingerprint density at radius 3 is 0.823 bits per heavy atom. The van der Waals surface area contributed by atoms with E-state index in [9.17, 15) is 38.4 Å². The van der Waals surface area contributed by atoms with Gasteiger partial charge in [0.1, 0.15) is 0 Å². The first-order chi connectivity index (χ1) is 60.4. The van der Waals surface area contributed by atoms with Gasteiger partial charge in [-0.25, -0.2) is 15.0 Å². The summed E-state index contributed by atoms with van der Waals surface area (Å²) in [5.41, 5.74) is 22.5. The normalized spacial score (nSPS) is 17.5. The molecule has 4 unspecified atom stereocenters. The molecular weight excluding hydrogens is 1630 g/mol. The fourth-order valence-electron chi connectivity index (χ4n) is 16.7. The lowest BCUT2D eigenvalue weighted by Crippen LogP contribution is -2.24. The van der Waals surface area contributed by atoms with E-state index in [-0.39, 0.29) is 58.4 Å². The van der Waals surface area contributed by atoms with Crippen LogP contribution in [0.15, 0.2) is 243 Å². The van der Waals surface area contributed by atoms with Crippen LogP contribution in [0.5, 0.6) is 0 Å². The van der Waals surface area contributed by atoms with Gasteiger partial charge >= 0.3 is 0 Å². The van der Waals surface area contributed by atoms with Crippen LogP contribution in [-0.2, 0) is 70.6 Å². The highest BCUT2D eigenvalue weighted by Gasteiger charge is 2.32. The van der Waals surface area contributed by atoms with Crippen LogP contribution in [0, 0.1) is 42.8 Å². The fourth-order valence-corrected chi connectivity index (χ4v) is 17.4. The highest BCUT2D eigenvalue weighted by Crippen LogP contribution is 2.34. The van der Waals surface area contributed by atoms with Crippen LogP contribution in [0.1, 0.15) is 207 Å². The number of ketones is 7. The number of allylic oxidation sites excluding steroid dienone is 2. The molecule has 0 radical (unpaired) electrons. The standard InChI is InChI=1S/4C14H14N2OS.2C14H12N2O.C10H10O.C4H4N2O/c4*17-13-10(7-11-8-15-14(18)16-11)6-5-9-3-1-2-4-12(9)13;2*17-14-11(7-12-8-15-9-16-12)6-5-10-3-1-2-4-13(10)14;11-10-7-3-5-8-4-1-2-6-9(8)10;7-2-4-1-5-3-6-4/h4*1-4,8,10H,5-7H2,(H2,15,16,18);2*1-4,7-9H,5-6H2,(H,15,16);1-2,4,6H,3,5,7H2;1-3H,(H,5,6)/b;;;;2*11-7+;;. The lowest BCUT2D eigenvalue weighted by molar-refractivity contribution is 0.0893. The number of benzene rings is 7. The SMILES string of the molecule is O=C1/C(=C/c2cnc[nH]2)CCc2ccccc21.O=C1/C(=C/c2cnc[nH]2)CCc2ccccc21.O=C1CCCc2ccccc21.O=C1c2ccccc2CCC1Cc1c[nH]c(=S)[nH]1.O=C1c2ccccc2CCC1Cc1c[nH]c(=S)[nH]1.O=C1c2ccccc2CCC1Cc1c[nH]c(=S)[nH]1.O=C1c2ccccc2CCC1Cc1c[nH]c(=S)[nH]1.O=Cc1cnc[nH]1. The topological polar surface area (TPSA) is 349 Å². The zero-order chi connectivity index (χ0) is 86.3. The molecule has 4 atom stereocenters. The number of Topliss-reactive ketones (excluding diaryl/α,β-unsaturated/α-hetero) is 7. The van der Waals surface area contributed by atoms with Crippen LogP contribution >= 0.6 is 48.9 Å². The number of H-pyrrole nitrogens is 11. The van der Waals surface area contributed by atoms with Gasteiger partial charge in [0.15, 0.2) is 65.9 Å². The van der Waals surface area contributed by atoms with E-state index in [1.807, 2.05) is 207 Å². The molecule has 628 valence electrons. The van der Waals surface area contributed by atoms with E-state index in [0.29, 0.717) is 36.8 Å². The van der Waals surface area contributed by atoms with Crippen molar-refractivity contribution in [3.05, 3.63) is 380 Å². The van der Waals surface area contributed by atoms with Crippen LogP contribution < -0.4 is 0 Å². The summed E-state index contributed by atoms with van der Waals surface area (Å²) in [4.78, 5) is 139. The van der Waals surface area contributed by atoms with Gasteiger partial charge in [-0.2, -0.15) is 0 Å². The maximum absolute atomic E-state index is 12.4.